The van der Waals surface area contributed by atoms with E-state index in [-0.39, 0.29) is 17.0 Å². The molecule has 2 rings (SSSR count). The van der Waals surface area contributed by atoms with Gasteiger partial charge in [-0.25, -0.2) is 4.79 Å². The Morgan fingerprint density at radius 3 is 2.38 bits per heavy atom. The van der Waals surface area contributed by atoms with Crippen molar-refractivity contribution in [3.05, 3.63) is 59.7 Å². The van der Waals surface area contributed by atoms with E-state index in [9.17, 15) is 14.7 Å². The molecule has 0 radical (unpaired) electrons. The second-order valence-corrected chi connectivity index (χ2v) is 4.41. The molecule has 0 fully saturated rings. The van der Waals surface area contributed by atoms with Gasteiger partial charge in [-0.1, -0.05) is 30.3 Å². The van der Waals surface area contributed by atoms with Gasteiger partial charge >= 0.3 is 5.97 Å². The van der Waals surface area contributed by atoms with E-state index in [4.69, 9.17) is 10.8 Å². The Morgan fingerprint density at radius 2 is 1.76 bits per heavy atom. The van der Waals surface area contributed by atoms with E-state index in [1.165, 1.54) is 12.1 Å². The van der Waals surface area contributed by atoms with Crippen LogP contribution in [0.1, 0.15) is 22.0 Å². The Bertz CT molecular complexity index is 671. The number of aromatic hydroxyl groups is 1. The highest BCUT2D eigenvalue weighted by molar-refractivity contribution is 6.02. The molecule has 0 spiro atoms. The first-order chi connectivity index (χ1) is 9.99. The summed E-state index contributed by atoms with van der Waals surface area (Å²) in [5.74, 6) is -1.98. The van der Waals surface area contributed by atoms with Gasteiger partial charge < -0.3 is 21.3 Å². The van der Waals surface area contributed by atoms with Crippen LogP contribution in [0.25, 0.3) is 0 Å². The summed E-state index contributed by atoms with van der Waals surface area (Å²) in [6.07, 6.45) is 0. The summed E-state index contributed by atoms with van der Waals surface area (Å²) < 4.78 is 0. The maximum absolute atomic E-state index is 12.1. The monoisotopic (exact) mass is 286 g/mol. The van der Waals surface area contributed by atoms with Crippen LogP contribution in [0.3, 0.4) is 0 Å². The summed E-state index contributed by atoms with van der Waals surface area (Å²) in [6, 6.07) is 11.5. The predicted octanol–water partition coefficient (Wildman–Crippen LogP) is 1.73. The van der Waals surface area contributed by atoms with Crippen molar-refractivity contribution in [3.63, 3.8) is 0 Å². The van der Waals surface area contributed by atoms with Crippen LogP contribution in [0.5, 0.6) is 5.75 Å². The summed E-state index contributed by atoms with van der Waals surface area (Å²) in [4.78, 5) is 23.2. The minimum absolute atomic E-state index is 0.0803. The molecule has 0 aromatic heterocycles. The number of carbonyl (C=O) groups excluding carboxylic acids is 1. The molecule has 1 atom stereocenters. The van der Waals surface area contributed by atoms with Gasteiger partial charge in [0, 0.05) is 0 Å². The normalized spacial score (nSPS) is 11.7. The molecular formula is C15H14N2O4. The van der Waals surface area contributed by atoms with Gasteiger partial charge in [-0.05, 0) is 23.8 Å². The quantitative estimate of drug-likeness (QED) is 0.639. The third-order valence-corrected chi connectivity index (χ3v) is 2.93. The van der Waals surface area contributed by atoms with Gasteiger partial charge in [-0.15, -0.1) is 0 Å². The minimum Gasteiger partial charge on any atom is -0.508 e. The van der Waals surface area contributed by atoms with Crippen LogP contribution in [0, 0.1) is 0 Å². The molecule has 0 bridgehead atoms. The summed E-state index contributed by atoms with van der Waals surface area (Å²) in [7, 11) is 0. The molecule has 6 nitrogen and oxygen atoms in total. The molecule has 21 heavy (non-hydrogen) atoms. The van der Waals surface area contributed by atoms with Gasteiger partial charge in [0.2, 0.25) is 5.91 Å². The van der Waals surface area contributed by atoms with Crippen LogP contribution in [-0.4, -0.2) is 22.1 Å². The third kappa shape index (κ3) is 3.37. The topological polar surface area (TPSA) is 113 Å². The third-order valence-electron chi connectivity index (χ3n) is 2.93. The number of hydrogen-bond donors (Lipinski definition) is 4. The van der Waals surface area contributed by atoms with Gasteiger partial charge in [0.15, 0.2) is 0 Å². The lowest BCUT2D eigenvalue weighted by Crippen LogP contribution is -2.28. The smallest absolute Gasteiger partial charge is 0.337 e. The number of aromatic carboxylic acids is 1. The Balaban J connectivity index is 2.22. The number of phenolic OH excluding ortho intramolecular Hbond substituents is 1. The van der Waals surface area contributed by atoms with Crippen LogP contribution in [0.4, 0.5) is 5.69 Å². The van der Waals surface area contributed by atoms with E-state index in [2.05, 4.69) is 5.32 Å². The van der Waals surface area contributed by atoms with Gasteiger partial charge in [0.1, 0.15) is 11.8 Å². The summed E-state index contributed by atoms with van der Waals surface area (Å²) in [6.45, 7) is 0. The zero-order chi connectivity index (χ0) is 15.4. The highest BCUT2D eigenvalue weighted by atomic mass is 16.4. The number of nitrogens with one attached hydrogen (secondary N) is 1. The second-order valence-electron chi connectivity index (χ2n) is 4.41. The average molecular weight is 286 g/mol. The first kappa shape index (κ1) is 14.5. The van der Waals surface area contributed by atoms with Crippen molar-refractivity contribution in [2.45, 2.75) is 6.04 Å². The van der Waals surface area contributed by atoms with Crippen LogP contribution >= 0.6 is 0 Å². The molecule has 0 unspecified atom stereocenters. The SMILES string of the molecule is N[C@H](C(=O)Nc1ccc(O)cc1C(=O)O)c1ccccc1. The van der Waals surface area contributed by atoms with E-state index in [1.807, 2.05) is 0 Å². The number of carbonyl (C=O) groups is 2. The number of anilines is 1. The molecule has 5 N–H and O–H groups in total. The lowest BCUT2D eigenvalue weighted by atomic mass is 10.1. The maximum Gasteiger partial charge on any atom is 0.337 e. The van der Waals surface area contributed by atoms with Gasteiger partial charge in [0.05, 0.1) is 11.3 Å². The molecule has 0 heterocycles. The minimum atomic E-state index is -1.26. The number of rotatable bonds is 4. The molecule has 2 aromatic carbocycles. The number of nitrogens with two attached hydrogens (primary N) is 1. The predicted molar refractivity (Wildman–Crippen MR) is 77.1 cm³/mol. The van der Waals surface area contributed by atoms with Crippen molar-refractivity contribution in [3.8, 4) is 5.75 Å². The Labute approximate surface area is 120 Å². The highest BCUT2D eigenvalue weighted by Crippen LogP contribution is 2.22. The van der Waals surface area contributed by atoms with Crippen molar-refractivity contribution in [1.82, 2.24) is 0 Å². The molecule has 0 aliphatic carbocycles. The van der Waals surface area contributed by atoms with E-state index >= 15 is 0 Å². The Morgan fingerprint density at radius 1 is 1.10 bits per heavy atom. The molecule has 6 heteroatoms. The fourth-order valence-electron chi connectivity index (χ4n) is 1.84. The van der Waals surface area contributed by atoms with Gasteiger partial charge in [-0.2, -0.15) is 0 Å². The molecule has 0 saturated heterocycles. The summed E-state index contributed by atoms with van der Waals surface area (Å²) in [5.41, 5.74) is 6.33. The molecule has 0 aliphatic heterocycles. The Kier molecular flexibility index (Phi) is 4.20. The largest absolute Gasteiger partial charge is 0.508 e. The number of carboxylic acid groups (broad SMARTS) is 1. The molecule has 108 valence electrons. The Hall–Kier alpha value is -2.86. The van der Waals surface area contributed by atoms with Crippen molar-refractivity contribution < 1.29 is 19.8 Å². The molecule has 0 aliphatic rings. The summed E-state index contributed by atoms with van der Waals surface area (Å²) >= 11 is 0. The number of phenols is 1. The van der Waals surface area contributed by atoms with Crippen LogP contribution in [0.15, 0.2) is 48.5 Å². The molecule has 2 aromatic rings. The first-order valence-electron chi connectivity index (χ1n) is 6.16. The fourth-order valence-corrected chi connectivity index (χ4v) is 1.84. The molecular weight excluding hydrogens is 272 g/mol. The van der Waals surface area contributed by atoms with Crippen molar-refractivity contribution in [2.24, 2.45) is 5.73 Å². The highest BCUT2D eigenvalue weighted by Gasteiger charge is 2.19. The lowest BCUT2D eigenvalue weighted by molar-refractivity contribution is -0.117. The van der Waals surface area contributed by atoms with E-state index in [0.29, 0.717) is 5.56 Å². The number of amides is 1. The second kappa shape index (κ2) is 6.06. The average Bonchev–Trinajstić information content (AvgIpc) is 2.49. The zero-order valence-corrected chi connectivity index (χ0v) is 11.0. The van der Waals surface area contributed by atoms with Gasteiger partial charge in [-0.3, -0.25) is 4.79 Å². The zero-order valence-electron chi connectivity index (χ0n) is 11.0. The standard InChI is InChI=1S/C15H14N2O4/c16-13(9-4-2-1-3-5-9)14(19)17-12-7-6-10(18)8-11(12)15(20)21/h1-8,13,18H,16H2,(H,17,19)(H,20,21)/t13-/m0/s1. The van der Waals surface area contributed by atoms with Crippen LogP contribution in [-0.2, 0) is 4.79 Å². The van der Waals surface area contributed by atoms with Crippen molar-refractivity contribution in [1.29, 1.82) is 0 Å². The van der Waals surface area contributed by atoms with E-state index in [0.717, 1.165) is 6.07 Å². The molecule has 0 saturated carbocycles. The van der Waals surface area contributed by atoms with Crippen LogP contribution in [0.2, 0.25) is 0 Å². The fraction of sp³-hybridized carbons (Fsp3) is 0.0667. The number of benzene rings is 2. The maximum atomic E-state index is 12.1. The number of carboxylic acids is 1. The van der Waals surface area contributed by atoms with E-state index < -0.39 is 17.9 Å². The molecule has 1 amide bonds. The van der Waals surface area contributed by atoms with Gasteiger partial charge in [0.25, 0.3) is 0 Å². The summed E-state index contributed by atoms with van der Waals surface area (Å²) in [5, 5.41) is 20.8. The van der Waals surface area contributed by atoms with Crippen molar-refractivity contribution in [2.75, 3.05) is 5.32 Å². The van der Waals surface area contributed by atoms with E-state index in [1.54, 1.807) is 30.3 Å². The van der Waals surface area contributed by atoms with Crippen molar-refractivity contribution >= 4 is 17.6 Å². The lowest BCUT2D eigenvalue weighted by Gasteiger charge is -2.14. The van der Waals surface area contributed by atoms with Crippen LogP contribution < -0.4 is 11.1 Å². The first-order valence-corrected chi connectivity index (χ1v) is 6.16. The number of hydrogen-bond acceptors (Lipinski definition) is 4.